The van der Waals surface area contributed by atoms with Crippen molar-refractivity contribution in [2.24, 2.45) is 11.7 Å². The number of rotatable bonds is 4. The summed E-state index contributed by atoms with van der Waals surface area (Å²) in [6.07, 6.45) is 1.54. The second kappa shape index (κ2) is 8.18. The summed E-state index contributed by atoms with van der Waals surface area (Å²) >= 11 is 0. The Balaban J connectivity index is 1.47. The molecular formula is C23H25FN4O2. The van der Waals surface area contributed by atoms with Crippen LogP contribution in [0.1, 0.15) is 24.0 Å². The van der Waals surface area contributed by atoms with Crippen molar-refractivity contribution in [3.05, 3.63) is 59.4 Å². The number of carbonyl (C=O) groups is 2. The summed E-state index contributed by atoms with van der Waals surface area (Å²) in [6, 6.07) is 12.0. The summed E-state index contributed by atoms with van der Waals surface area (Å²) < 4.78 is 13.2. The molecule has 4 rings (SSSR count). The van der Waals surface area contributed by atoms with E-state index < -0.39 is 6.03 Å². The number of fused-ring (bicyclic) bond motifs is 1. The summed E-state index contributed by atoms with van der Waals surface area (Å²) in [4.78, 5) is 28.9. The van der Waals surface area contributed by atoms with E-state index >= 15 is 0 Å². The number of aryl methyl sites for hydroxylation is 1. The van der Waals surface area contributed by atoms with Crippen molar-refractivity contribution >= 4 is 22.8 Å². The van der Waals surface area contributed by atoms with Crippen molar-refractivity contribution in [1.29, 1.82) is 0 Å². The van der Waals surface area contributed by atoms with Gasteiger partial charge in [0.2, 0.25) is 5.91 Å². The highest BCUT2D eigenvalue weighted by Gasteiger charge is 2.27. The molecule has 1 fully saturated rings. The molecule has 0 saturated carbocycles. The highest BCUT2D eigenvalue weighted by Crippen LogP contribution is 2.30. The minimum absolute atomic E-state index is 0.0566. The number of amides is 3. The maximum absolute atomic E-state index is 13.2. The van der Waals surface area contributed by atoms with Crippen molar-refractivity contribution in [3.63, 3.8) is 0 Å². The lowest BCUT2D eigenvalue weighted by Crippen LogP contribution is -2.47. The number of halogens is 1. The first-order valence-corrected chi connectivity index (χ1v) is 10.1. The number of urea groups is 1. The Morgan fingerprint density at radius 3 is 2.73 bits per heavy atom. The minimum Gasteiger partial charge on any atom is -0.354 e. The zero-order chi connectivity index (χ0) is 21.3. The van der Waals surface area contributed by atoms with Gasteiger partial charge in [0.15, 0.2) is 0 Å². The molecular weight excluding hydrogens is 383 g/mol. The first kappa shape index (κ1) is 19.9. The van der Waals surface area contributed by atoms with Gasteiger partial charge in [0.25, 0.3) is 0 Å². The molecule has 6 nitrogen and oxygen atoms in total. The Labute approximate surface area is 174 Å². The lowest BCUT2D eigenvalue weighted by molar-refractivity contribution is -0.126. The third kappa shape index (κ3) is 4.01. The molecule has 0 unspecified atom stereocenters. The molecule has 1 saturated heterocycles. The van der Waals surface area contributed by atoms with Crippen LogP contribution in [0.4, 0.5) is 9.18 Å². The number of nitrogens with two attached hydrogens (primary N) is 1. The molecule has 0 spiro atoms. The monoisotopic (exact) mass is 408 g/mol. The maximum atomic E-state index is 13.2. The predicted molar refractivity (Wildman–Crippen MR) is 114 cm³/mol. The molecule has 0 bridgehead atoms. The van der Waals surface area contributed by atoms with E-state index in [1.54, 1.807) is 12.1 Å². The summed E-state index contributed by atoms with van der Waals surface area (Å²) in [5.74, 6) is -0.546. The topological polar surface area (TPSA) is 91.2 Å². The van der Waals surface area contributed by atoms with E-state index in [1.165, 1.54) is 17.0 Å². The first-order chi connectivity index (χ1) is 14.4. The normalized spacial score (nSPS) is 16.6. The third-order valence-electron chi connectivity index (χ3n) is 5.83. The number of carbonyl (C=O) groups excluding carboxylic acids is 2. The largest absolute Gasteiger partial charge is 0.354 e. The van der Waals surface area contributed by atoms with Gasteiger partial charge in [-0.2, -0.15) is 0 Å². The van der Waals surface area contributed by atoms with Crippen molar-refractivity contribution in [2.45, 2.75) is 26.3 Å². The van der Waals surface area contributed by atoms with Gasteiger partial charge in [-0.25, -0.2) is 9.18 Å². The fourth-order valence-electron chi connectivity index (χ4n) is 4.11. The number of hydrogen-bond donors (Lipinski definition) is 3. The predicted octanol–water partition coefficient (Wildman–Crippen LogP) is 3.69. The Morgan fingerprint density at radius 1 is 1.23 bits per heavy atom. The Bertz CT molecular complexity index is 1090. The summed E-state index contributed by atoms with van der Waals surface area (Å²) in [6.45, 7) is 3.43. The standard InChI is InChI=1S/C23H25FN4O2/c1-14-19-11-15(12-26-22(29)17-3-2-10-28(13-17)23(25)30)4-9-20(19)27-21(14)16-5-7-18(24)8-6-16/h4-9,11,17,27H,2-3,10,12-13H2,1H3,(H2,25,30)(H,26,29)/t17-/m1/s1. The molecule has 30 heavy (non-hydrogen) atoms. The fourth-order valence-corrected chi connectivity index (χ4v) is 4.11. The zero-order valence-electron chi connectivity index (χ0n) is 16.9. The van der Waals surface area contributed by atoms with Crippen LogP contribution in [0.15, 0.2) is 42.5 Å². The van der Waals surface area contributed by atoms with Gasteiger partial charge in [0, 0.05) is 36.2 Å². The van der Waals surface area contributed by atoms with E-state index in [0.29, 0.717) is 19.6 Å². The van der Waals surface area contributed by atoms with E-state index in [2.05, 4.69) is 16.4 Å². The molecule has 7 heteroatoms. The summed E-state index contributed by atoms with van der Waals surface area (Å²) in [5.41, 5.74) is 10.3. The highest BCUT2D eigenvalue weighted by molar-refractivity contribution is 5.91. The quantitative estimate of drug-likeness (QED) is 0.614. The first-order valence-electron chi connectivity index (χ1n) is 10.1. The number of primary amides is 1. The van der Waals surface area contributed by atoms with Crippen LogP contribution in [-0.4, -0.2) is 34.9 Å². The number of aromatic amines is 1. The number of hydrogen-bond acceptors (Lipinski definition) is 2. The number of nitrogens with one attached hydrogen (secondary N) is 2. The van der Waals surface area contributed by atoms with Crippen molar-refractivity contribution < 1.29 is 14.0 Å². The van der Waals surface area contributed by atoms with E-state index in [1.807, 2.05) is 19.1 Å². The Kier molecular flexibility index (Phi) is 5.44. The van der Waals surface area contributed by atoms with Crippen LogP contribution in [0, 0.1) is 18.7 Å². The lowest BCUT2D eigenvalue weighted by atomic mass is 9.97. The van der Waals surface area contributed by atoms with E-state index in [-0.39, 0.29) is 17.6 Å². The van der Waals surface area contributed by atoms with Gasteiger partial charge in [0.05, 0.1) is 5.92 Å². The van der Waals surface area contributed by atoms with Gasteiger partial charge in [-0.3, -0.25) is 4.79 Å². The van der Waals surface area contributed by atoms with Gasteiger partial charge in [-0.15, -0.1) is 0 Å². The SMILES string of the molecule is Cc1c(-c2ccc(F)cc2)[nH]c2ccc(CNC(=O)[C@@H]3CCCN(C(N)=O)C3)cc12. The number of likely N-dealkylation sites (tertiary alicyclic amines) is 1. The molecule has 1 aliphatic rings. The molecule has 1 aliphatic heterocycles. The number of aromatic nitrogens is 1. The van der Waals surface area contributed by atoms with Crippen LogP contribution in [-0.2, 0) is 11.3 Å². The van der Waals surface area contributed by atoms with Gasteiger partial charge in [-0.1, -0.05) is 6.07 Å². The van der Waals surface area contributed by atoms with Gasteiger partial charge < -0.3 is 20.9 Å². The third-order valence-corrected chi connectivity index (χ3v) is 5.83. The molecule has 2 aromatic carbocycles. The smallest absolute Gasteiger partial charge is 0.314 e. The second-order valence-corrected chi connectivity index (χ2v) is 7.85. The molecule has 1 aromatic heterocycles. The molecule has 0 aliphatic carbocycles. The lowest BCUT2D eigenvalue weighted by Gasteiger charge is -2.30. The van der Waals surface area contributed by atoms with Crippen LogP contribution >= 0.6 is 0 Å². The average Bonchev–Trinajstić information content (AvgIpc) is 3.08. The van der Waals surface area contributed by atoms with Gasteiger partial charge in [0.1, 0.15) is 5.82 Å². The minimum atomic E-state index is -0.474. The Morgan fingerprint density at radius 2 is 2.00 bits per heavy atom. The Hall–Kier alpha value is -3.35. The molecule has 3 amide bonds. The number of nitrogens with zero attached hydrogens (tertiary/aromatic N) is 1. The highest BCUT2D eigenvalue weighted by atomic mass is 19.1. The van der Waals surface area contributed by atoms with Gasteiger partial charge in [-0.05, 0) is 72.9 Å². The second-order valence-electron chi connectivity index (χ2n) is 7.85. The number of benzene rings is 2. The van der Waals surface area contributed by atoms with E-state index in [9.17, 15) is 14.0 Å². The van der Waals surface area contributed by atoms with Crippen molar-refractivity contribution in [3.8, 4) is 11.3 Å². The van der Waals surface area contributed by atoms with Crippen LogP contribution in [0.2, 0.25) is 0 Å². The van der Waals surface area contributed by atoms with Crippen LogP contribution in [0.25, 0.3) is 22.2 Å². The molecule has 0 radical (unpaired) electrons. The van der Waals surface area contributed by atoms with Crippen LogP contribution in [0.3, 0.4) is 0 Å². The average molecular weight is 408 g/mol. The van der Waals surface area contributed by atoms with Crippen molar-refractivity contribution in [1.82, 2.24) is 15.2 Å². The van der Waals surface area contributed by atoms with Gasteiger partial charge >= 0.3 is 6.03 Å². The zero-order valence-corrected chi connectivity index (χ0v) is 16.9. The number of H-pyrrole nitrogens is 1. The van der Waals surface area contributed by atoms with Crippen molar-refractivity contribution in [2.75, 3.05) is 13.1 Å². The molecule has 4 N–H and O–H groups in total. The summed E-state index contributed by atoms with van der Waals surface area (Å²) in [7, 11) is 0. The molecule has 1 atom stereocenters. The molecule has 3 aromatic rings. The maximum Gasteiger partial charge on any atom is 0.314 e. The van der Waals surface area contributed by atoms with E-state index in [4.69, 9.17) is 5.73 Å². The summed E-state index contributed by atoms with van der Waals surface area (Å²) in [5, 5.41) is 4.06. The molecule has 2 heterocycles. The van der Waals surface area contributed by atoms with E-state index in [0.717, 1.165) is 46.1 Å². The molecule has 156 valence electrons. The van der Waals surface area contributed by atoms with Crippen LogP contribution in [0.5, 0.6) is 0 Å². The number of piperidine rings is 1. The van der Waals surface area contributed by atoms with Crippen LogP contribution < -0.4 is 11.1 Å². The fraction of sp³-hybridized carbons (Fsp3) is 0.304.